The van der Waals surface area contributed by atoms with E-state index in [9.17, 15) is 4.79 Å². The van der Waals surface area contributed by atoms with Crippen molar-refractivity contribution in [3.8, 4) is 11.5 Å². The molecule has 4 aromatic rings. The van der Waals surface area contributed by atoms with Crippen molar-refractivity contribution in [1.29, 1.82) is 0 Å². The molecule has 4 rings (SSSR count). The van der Waals surface area contributed by atoms with E-state index in [4.69, 9.17) is 32.7 Å². The Balaban J connectivity index is 1.73. The molecule has 0 aliphatic carbocycles. The lowest BCUT2D eigenvalue weighted by Gasteiger charge is -2.16. The van der Waals surface area contributed by atoms with E-state index >= 15 is 0 Å². The van der Waals surface area contributed by atoms with Crippen LogP contribution in [-0.4, -0.2) is 23.0 Å². The second kappa shape index (κ2) is 11.9. The van der Waals surface area contributed by atoms with Crippen LogP contribution in [0.25, 0.3) is 10.9 Å². The third-order valence-corrected chi connectivity index (χ3v) is 8.65. The van der Waals surface area contributed by atoms with Crippen LogP contribution in [0.2, 0.25) is 10.0 Å². The molecule has 3 aromatic carbocycles. The van der Waals surface area contributed by atoms with E-state index in [2.05, 4.69) is 57.9 Å². The van der Waals surface area contributed by atoms with Gasteiger partial charge in [0.15, 0.2) is 11.5 Å². The van der Waals surface area contributed by atoms with Gasteiger partial charge in [0.05, 0.1) is 28.7 Å². The molecule has 192 valence electrons. The Labute approximate surface area is 249 Å². The predicted octanol–water partition coefficient (Wildman–Crippen LogP) is 8.58. The van der Waals surface area contributed by atoms with Crippen LogP contribution in [0.3, 0.4) is 0 Å². The minimum atomic E-state index is -0.256. The molecule has 1 heterocycles. The van der Waals surface area contributed by atoms with Crippen molar-refractivity contribution < 1.29 is 9.47 Å². The summed E-state index contributed by atoms with van der Waals surface area (Å²) < 4.78 is 15.1. The summed E-state index contributed by atoms with van der Waals surface area (Å²) >= 11 is 22.9. The summed E-state index contributed by atoms with van der Waals surface area (Å²) in [5, 5.41) is 6.05. The van der Waals surface area contributed by atoms with E-state index < -0.39 is 0 Å². The summed E-state index contributed by atoms with van der Waals surface area (Å²) in [6, 6.07) is 12.4. The molecule has 0 aliphatic heterocycles. The van der Waals surface area contributed by atoms with Gasteiger partial charge in [-0.25, -0.2) is 4.98 Å². The molecule has 0 spiro atoms. The fraction of sp³-hybridized carbons (Fsp3) is 0.192. The highest BCUT2D eigenvalue weighted by Crippen LogP contribution is 2.43. The summed E-state index contributed by atoms with van der Waals surface area (Å²) in [5.74, 6) is 1.48. The highest BCUT2D eigenvalue weighted by atomic mass is 79.9. The molecule has 0 aliphatic rings. The molecule has 1 aromatic heterocycles. The van der Waals surface area contributed by atoms with E-state index in [0.717, 1.165) is 10.0 Å². The van der Waals surface area contributed by atoms with E-state index in [-0.39, 0.29) is 18.1 Å². The minimum absolute atomic E-state index is 0.0296. The average Bonchev–Trinajstić information content (AvgIpc) is 2.86. The Kier molecular flexibility index (Phi) is 9.01. The summed E-state index contributed by atoms with van der Waals surface area (Å²) in [5.41, 5.74) is 1.80. The standard InChI is InChI=1S/C26H20Br3Cl2N3O3/c1-13(2)25-33-20-7-5-16(27)9-18(20)26(35)34(25)32-11-15-8-21(36-3)24(23(29)22(15)28)37-12-14-4-6-17(30)10-19(14)31/h4-11,13H,12H2,1-3H3. The molecule has 0 amide bonds. The second-order valence-corrected chi connectivity index (χ2v) is 11.6. The van der Waals surface area contributed by atoms with E-state index in [1.165, 1.54) is 4.68 Å². The third kappa shape index (κ3) is 6.06. The van der Waals surface area contributed by atoms with Crippen molar-refractivity contribution in [2.75, 3.05) is 7.11 Å². The lowest BCUT2D eigenvalue weighted by atomic mass is 10.2. The van der Waals surface area contributed by atoms with Crippen LogP contribution < -0.4 is 15.0 Å². The van der Waals surface area contributed by atoms with Gasteiger partial charge in [0.25, 0.3) is 5.56 Å². The van der Waals surface area contributed by atoms with Crippen molar-refractivity contribution in [3.05, 3.63) is 93.2 Å². The number of ether oxygens (including phenoxy) is 2. The Bertz CT molecular complexity index is 1590. The zero-order valence-corrected chi connectivity index (χ0v) is 26.1. The number of nitrogens with zero attached hydrogens (tertiary/aromatic N) is 3. The van der Waals surface area contributed by atoms with E-state index in [1.54, 1.807) is 43.7 Å². The van der Waals surface area contributed by atoms with Crippen molar-refractivity contribution in [2.45, 2.75) is 26.4 Å². The normalized spacial score (nSPS) is 11.6. The van der Waals surface area contributed by atoms with Gasteiger partial charge in [-0.1, -0.05) is 59.0 Å². The minimum Gasteiger partial charge on any atom is -0.493 e. The monoisotopic (exact) mass is 729 g/mol. The molecule has 0 saturated carbocycles. The van der Waals surface area contributed by atoms with Gasteiger partial charge in [0.1, 0.15) is 12.4 Å². The van der Waals surface area contributed by atoms with Gasteiger partial charge in [-0.15, -0.1) is 0 Å². The highest BCUT2D eigenvalue weighted by molar-refractivity contribution is 9.13. The number of fused-ring (bicyclic) bond motifs is 1. The first-order valence-electron chi connectivity index (χ1n) is 11.0. The molecule has 0 bridgehead atoms. The van der Waals surface area contributed by atoms with Crippen LogP contribution >= 0.6 is 71.0 Å². The molecule has 11 heteroatoms. The third-order valence-electron chi connectivity index (χ3n) is 5.43. The van der Waals surface area contributed by atoms with Crippen molar-refractivity contribution >= 4 is 88.1 Å². The zero-order valence-electron chi connectivity index (χ0n) is 19.9. The first kappa shape index (κ1) is 28.1. The topological polar surface area (TPSA) is 65.7 Å². The van der Waals surface area contributed by atoms with Gasteiger partial charge in [0, 0.05) is 36.0 Å². The average molecular weight is 733 g/mol. The lowest BCUT2D eigenvalue weighted by Crippen LogP contribution is -2.23. The first-order chi connectivity index (χ1) is 17.6. The fourth-order valence-corrected chi connectivity index (χ4v) is 5.30. The van der Waals surface area contributed by atoms with Gasteiger partial charge in [-0.2, -0.15) is 9.78 Å². The second-order valence-electron chi connectivity index (χ2n) is 8.30. The van der Waals surface area contributed by atoms with Crippen molar-refractivity contribution in [3.63, 3.8) is 0 Å². The maximum atomic E-state index is 13.3. The first-order valence-corrected chi connectivity index (χ1v) is 14.1. The lowest BCUT2D eigenvalue weighted by molar-refractivity contribution is 0.282. The quantitative estimate of drug-likeness (QED) is 0.179. The molecule has 0 atom stereocenters. The largest absolute Gasteiger partial charge is 0.493 e. The molecule has 0 radical (unpaired) electrons. The van der Waals surface area contributed by atoms with Crippen molar-refractivity contribution in [2.24, 2.45) is 5.10 Å². The van der Waals surface area contributed by atoms with Crippen LogP contribution in [0, 0.1) is 0 Å². The number of benzene rings is 3. The van der Waals surface area contributed by atoms with Crippen LogP contribution in [0.4, 0.5) is 0 Å². The Morgan fingerprint density at radius 1 is 1.08 bits per heavy atom. The summed E-state index contributed by atoms with van der Waals surface area (Å²) in [6.45, 7) is 4.14. The number of rotatable bonds is 7. The summed E-state index contributed by atoms with van der Waals surface area (Å²) in [7, 11) is 1.55. The molecule has 6 nitrogen and oxygen atoms in total. The molecule has 37 heavy (non-hydrogen) atoms. The molecule has 0 unspecified atom stereocenters. The van der Waals surface area contributed by atoms with Crippen LogP contribution in [0.1, 0.15) is 36.7 Å². The smallest absolute Gasteiger partial charge is 0.282 e. The maximum absolute atomic E-state index is 13.3. The number of hydrogen-bond donors (Lipinski definition) is 0. The zero-order chi connectivity index (χ0) is 26.9. The Morgan fingerprint density at radius 3 is 2.51 bits per heavy atom. The molecular weight excluding hydrogens is 713 g/mol. The van der Waals surface area contributed by atoms with Crippen LogP contribution in [0.5, 0.6) is 11.5 Å². The highest BCUT2D eigenvalue weighted by Gasteiger charge is 2.18. The van der Waals surface area contributed by atoms with Gasteiger partial charge in [-0.05, 0) is 68.3 Å². The Morgan fingerprint density at radius 2 is 1.84 bits per heavy atom. The summed E-state index contributed by atoms with van der Waals surface area (Å²) in [4.78, 5) is 18.0. The number of halogens is 5. The maximum Gasteiger partial charge on any atom is 0.282 e. The molecule has 0 saturated heterocycles. The summed E-state index contributed by atoms with van der Waals surface area (Å²) in [6.07, 6.45) is 1.58. The van der Waals surface area contributed by atoms with E-state index in [0.29, 0.717) is 52.8 Å². The van der Waals surface area contributed by atoms with Gasteiger partial charge in [-0.3, -0.25) is 4.79 Å². The predicted molar refractivity (Wildman–Crippen MR) is 160 cm³/mol. The molecule has 0 fully saturated rings. The van der Waals surface area contributed by atoms with Gasteiger partial charge < -0.3 is 9.47 Å². The number of aromatic nitrogens is 2. The van der Waals surface area contributed by atoms with Crippen LogP contribution in [0.15, 0.2) is 65.8 Å². The number of methoxy groups -OCH3 is 1. The Hall–Kier alpha value is -1.91. The SMILES string of the molecule is COc1cc(C=Nn2c(C(C)C)nc3ccc(Br)cc3c2=O)c(Br)c(Br)c1OCc1ccc(Cl)cc1Cl. The molecule has 0 N–H and O–H groups in total. The van der Waals surface area contributed by atoms with Gasteiger partial charge in [0.2, 0.25) is 0 Å². The van der Waals surface area contributed by atoms with Gasteiger partial charge >= 0.3 is 0 Å². The van der Waals surface area contributed by atoms with Crippen molar-refractivity contribution in [1.82, 2.24) is 9.66 Å². The van der Waals surface area contributed by atoms with Crippen LogP contribution in [-0.2, 0) is 6.61 Å². The fourth-order valence-electron chi connectivity index (χ4n) is 3.54. The van der Waals surface area contributed by atoms with E-state index in [1.807, 2.05) is 26.0 Å². The molecular formula is C26H20Br3Cl2N3O3. The number of hydrogen-bond acceptors (Lipinski definition) is 5.